The number of fused-ring (bicyclic) bond motifs is 2. The van der Waals surface area contributed by atoms with E-state index in [9.17, 15) is 23.6 Å². The highest BCUT2D eigenvalue weighted by molar-refractivity contribution is 6.05. The van der Waals surface area contributed by atoms with E-state index in [0.717, 1.165) is 44.1 Å². The first-order chi connectivity index (χ1) is 32.9. The van der Waals surface area contributed by atoms with Crippen molar-refractivity contribution in [3.63, 3.8) is 0 Å². The van der Waals surface area contributed by atoms with E-state index in [1.54, 1.807) is 16.8 Å². The van der Waals surface area contributed by atoms with Crippen molar-refractivity contribution in [2.45, 2.75) is 44.8 Å². The lowest BCUT2D eigenvalue weighted by atomic mass is 9.95. The zero-order valence-corrected chi connectivity index (χ0v) is 37.2. The summed E-state index contributed by atoms with van der Waals surface area (Å²) in [5.74, 6) is -2.26. The largest absolute Gasteiger partial charge is 0.496 e. The van der Waals surface area contributed by atoms with E-state index in [1.165, 1.54) is 42.6 Å². The van der Waals surface area contributed by atoms with Gasteiger partial charge < -0.3 is 30.5 Å². The van der Waals surface area contributed by atoms with Crippen LogP contribution in [-0.2, 0) is 22.7 Å². The first-order valence-electron chi connectivity index (χ1n) is 22.6. The van der Waals surface area contributed by atoms with Gasteiger partial charge in [0.2, 0.25) is 11.8 Å². The number of imide groups is 1. The number of carbonyl (C=O) groups is 4. The van der Waals surface area contributed by atoms with Gasteiger partial charge in [-0.15, -0.1) is 0 Å². The predicted octanol–water partition coefficient (Wildman–Crippen LogP) is 5.22. The Bertz CT molecular complexity index is 2970. The van der Waals surface area contributed by atoms with Gasteiger partial charge in [0.05, 0.1) is 35.1 Å². The van der Waals surface area contributed by atoms with Crippen LogP contribution in [0.25, 0.3) is 28.0 Å². The van der Waals surface area contributed by atoms with Gasteiger partial charge >= 0.3 is 0 Å². The minimum absolute atomic E-state index is 0.0882. The minimum atomic E-state index is -0.757. The van der Waals surface area contributed by atoms with Crippen LogP contribution in [0.15, 0.2) is 79.1 Å². The third-order valence-electron chi connectivity index (χ3n) is 13.5. The minimum Gasteiger partial charge on any atom is -0.496 e. The molecule has 16 nitrogen and oxygen atoms in total. The Hall–Kier alpha value is -7.54. The summed E-state index contributed by atoms with van der Waals surface area (Å²) < 4.78 is 52.2. The van der Waals surface area contributed by atoms with Gasteiger partial charge in [0.15, 0.2) is 5.65 Å². The molecule has 1 atom stereocenters. The van der Waals surface area contributed by atoms with E-state index in [4.69, 9.17) is 15.6 Å². The third kappa shape index (κ3) is 8.53. The second kappa shape index (κ2) is 18.3. The lowest BCUT2D eigenvalue weighted by Crippen LogP contribution is -2.52. The molecule has 0 radical (unpaired) electrons. The molecule has 0 aliphatic carbocycles. The van der Waals surface area contributed by atoms with Crippen molar-refractivity contribution in [3.8, 4) is 22.7 Å². The molecule has 6 heterocycles. The van der Waals surface area contributed by atoms with Gasteiger partial charge in [0.1, 0.15) is 47.1 Å². The fraction of sp³-hybridized carbons (Fsp3) is 0.327. The number of aromatic nitrogens is 4. The molecule has 0 spiro atoms. The van der Waals surface area contributed by atoms with E-state index in [-0.39, 0.29) is 54.5 Å². The molecule has 4 aliphatic rings. The highest BCUT2D eigenvalue weighted by atomic mass is 19.1. The summed E-state index contributed by atoms with van der Waals surface area (Å²) in [5, 5.41) is 10.5. The number of piperidine rings is 2. The van der Waals surface area contributed by atoms with Gasteiger partial charge in [0, 0.05) is 82.5 Å². The second-order valence-electron chi connectivity index (χ2n) is 17.7. The summed E-state index contributed by atoms with van der Waals surface area (Å²) in [6.45, 7) is 5.35. The number of halogens is 3. The number of nitrogen functional groups attached to an aromatic ring is 1. The van der Waals surface area contributed by atoms with Gasteiger partial charge in [0.25, 0.3) is 11.8 Å². The van der Waals surface area contributed by atoms with Crippen molar-refractivity contribution < 1.29 is 37.1 Å². The molecule has 3 saturated heterocycles. The Balaban J connectivity index is 0.745. The van der Waals surface area contributed by atoms with Gasteiger partial charge in [-0.2, -0.15) is 5.10 Å². The van der Waals surface area contributed by atoms with Crippen molar-refractivity contribution in [3.05, 3.63) is 119 Å². The summed E-state index contributed by atoms with van der Waals surface area (Å²) >= 11 is 0. The topological polar surface area (TPSA) is 184 Å². The molecule has 10 rings (SSSR count). The molecule has 4 amide bonds. The van der Waals surface area contributed by atoms with Crippen LogP contribution < -0.4 is 30.9 Å². The zero-order valence-electron chi connectivity index (χ0n) is 37.2. The average Bonchev–Trinajstić information content (AvgIpc) is 3.89. The number of nitrogens with one attached hydrogen (secondary N) is 2. The molecule has 3 fully saturated rings. The van der Waals surface area contributed by atoms with Gasteiger partial charge in [-0.25, -0.2) is 27.8 Å². The Morgan fingerprint density at radius 3 is 2.34 bits per heavy atom. The van der Waals surface area contributed by atoms with Gasteiger partial charge in [-0.05, 0) is 78.8 Å². The number of hydrogen-bond acceptors (Lipinski definition) is 12. The molecule has 350 valence electrons. The Labute approximate surface area is 388 Å². The molecule has 19 heteroatoms. The number of carbonyl (C=O) groups excluding carboxylic acids is 4. The van der Waals surface area contributed by atoms with Crippen molar-refractivity contribution in [1.29, 1.82) is 0 Å². The SMILES string of the molecule is COc1ccc(F)cc1C(=O)NCc1ccc(-c2nn(-c3ccc(N4CCC(CN5CCN(c6cc7c(cc6F)C(=O)N(C6CCC(=O)NC6=O)C7)CC5)CC4)c(F)c3)c3ncnc(N)c23)cc1. The molecule has 4 N–H and O–H groups in total. The van der Waals surface area contributed by atoms with Crippen molar-refractivity contribution in [2.75, 3.05) is 68.5 Å². The maximum atomic E-state index is 16.1. The quantitative estimate of drug-likeness (QED) is 0.144. The Morgan fingerprint density at radius 1 is 0.853 bits per heavy atom. The maximum absolute atomic E-state index is 16.1. The molecule has 6 aromatic rings. The Morgan fingerprint density at radius 2 is 1.60 bits per heavy atom. The smallest absolute Gasteiger partial charge is 0.255 e. The number of nitrogens with two attached hydrogens (primary N) is 1. The number of anilines is 3. The monoisotopic (exact) mass is 927 g/mol. The lowest BCUT2D eigenvalue weighted by molar-refractivity contribution is -0.136. The highest BCUT2D eigenvalue weighted by Gasteiger charge is 2.40. The maximum Gasteiger partial charge on any atom is 0.255 e. The number of piperazine rings is 1. The fourth-order valence-corrected chi connectivity index (χ4v) is 9.87. The van der Waals surface area contributed by atoms with E-state index >= 15 is 8.78 Å². The third-order valence-corrected chi connectivity index (χ3v) is 13.5. The standard InChI is InChI=1S/C49H48F3N11O5/c1-68-41-10-6-32(50)21-35(41)47(65)54-24-28-2-4-30(5-3-28)44-43-45(53)55-27-56-46(43)63(58-44)33-7-8-38(36(51)22-33)60-14-12-29(13-15-60)25-59-16-18-61(19-17-59)40-20-31-26-62(49(67)34(31)23-37(40)52)39-9-11-42(64)57-48(39)66/h2-8,10,20-23,27,29,39H,9,11-19,24-26H2,1H3,(H,54,65)(H2,53,55,56)(H,57,64,66). The first kappa shape index (κ1) is 44.3. The van der Waals surface area contributed by atoms with E-state index in [1.807, 2.05) is 35.2 Å². The summed E-state index contributed by atoms with van der Waals surface area (Å²) in [7, 11) is 1.41. The normalized spacial score (nSPS) is 18.0. The molecule has 1 unspecified atom stereocenters. The molecule has 2 aromatic heterocycles. The van der Waals surface area contributed by atoms with Crippen LogP contribution in [0.3, 0.4) is 0 Å². The molecule has 4 aliphatic heterocycles. The second-order valence-corrected chi connectivity index (χ2v) is 17.7. The van der Waals surface area contributed by atoms with Crippen molar-refractivity contribution >= 4 is 51.9 Å². The number of nitrogens with zero attached hydrogens (tertiary/aromatic N) is 8. The summed E-state index contributed by atoms with van der Waals surface area (Å²) in [6, 6.07) is 18.4. The number of benzene rings is 4. The van der Waals surface area contributed by atoms with Crippen LogP contribution >= 0.6 is 0 Å². The number of hydrogen-bond donors (Lipinski definition) is 3. The predicted molar refractivity (Wildman–Crippen MR) is 247 cm³/mol. The summed E-state index contributed by atoms with van der Waals surface area (Å²) in [6.07, 6.45) is 3.51. The molecular formula is C49H48F3N11O5. The van der Waals surface area contributed by atoms with Crippen molar-refractivity contribution in [2.24, 2.45) is 5.92 Å². The van der Waals surface area contributed by atoms with E-state index < -0.39 is 41.2 Å². The number of methoxy groups -OCH3 is 1. The molecular weight excluding hydrogens is 880 g/mol. The molecule has 0 bridgehead atoms. The van der Waals surface area contributed by atoms with Gasteiger partial charge in [-0.3, -0.25) is 29.4 Å². The van der Waals surface area contributed by atoms with Crippen LogP contribution in [0, 0.1) is 23.4 Å². The number of amides is 4. The lowest BCUT2D eigenvalue weighted by Gasteiger charge is -2.40. The van der Waals surface area contributed by atoms with Crippen molar-refractivity contribution in [1.82, 2.24) is 40.2 Å². The molecule has 0 saturated carbocycles. The Kier molecular flexibility index (Phi) is 11.9. The van der Waals surface area contributed by atoms with Crippen LogP contribution in [0.4, 0.5) is 30.4 Å². The van der Waals surface area contributed by atoms with Gasteiger partial charge in [-0.1, -0.05) is 24.3 Å². The van der Waals surface area contributed by atoms with E-state index in [2.05, 4.69) is 30.4 Å². The molecule has 68 heavy (non-hydrogen) atoms. The number of ether oxygens (including phenoxy) is 1. The highest BCUT2D eigenvalue weighted by Crippen LogP contribution is 2.36. The zero-order chi connectivity index (χ0) is 47.2. The molecule has 4 aromatic carbocycles. The van der Waals surface area contributed by atoms with Crippen LogP contribution in [0.1, 0.15) is 57.5 Å². The van der Waals surface area contributed by atoms with Crippen LogP contribution in [-0.4, -0.2) is 112 Å². The van der Waals surface area contributed by atoms with Crippen LogP contribution in [0.5, 0.6) is 5.75 Å². The fourth-order valence-electron chi connectivity index (χ4n) is 9.87. The summed E-state index contributed by atoms with van der Waals surface area (Å²) in [4.78, 5) is 66.7. The van der Waals surface area contributed by atoms with E-state index in [0.29, 0.717) is 77.0 Å². The number of rotatable bonds is 11. The average molecular weight is 928 g/mol. The summed E-state index contributed by atoms with van der Waals surface area (Å²) in [5.41, 5.74) is 11.2. The first-order valence-corrected chi connectivity index (χ1v) is 22.6. The van der Waals surface area contributed by atoms with Crippen LogP contribution in [0.2, 0.25) is 0 Å².